The molecule has 0 fully saturated rings. The van der Waals surface area contributed by atoms with Crippen molar-refractivity contribution in [3.05, 3.63) is 68.7 Å². The van der Waals surface area contributed by atoms with Crippen LogP contribution in [0.4, 0.5) is 0 Å². The van der Waals surface area contributed by atoms with E-state index in [2.05, 4.69) is 25.2 Å². The van der Waals surface area contributed by atoms with Gasteiger partial charge in [0, 0.05) is 34.0 Å². The smallest absolute Gasteiger partial charge is 0.162 e. The number of rotatable bonds is 2. The molecule has 4 nitrogen and oxygen atoms in total. The van der Waals surface area contributed by atoms with E-state index in [4.69, 9.17) is 27.6 Å². The molecule has 148 valence electrons. The van der Waals surface area contributed by atoms with Crippen LogP contribution in [0.25, 0.3) is 11.3 Å². The number of ketones is 1. The first kappa shape index (κ1) is 19.8. The topological polar surface area (TPSA) is 66.0 Å². The number of nitrogens with zero attached hydrogens (tertiary/aromatic N) is 1. The molecule has 1 atom stereocenters. The first-order valence-corrected chi connectivity index (χ1v) is 10.1. The first-order valence-electron chi connectivity index (χ1n) is 9.39. The zero-order valence-electron chi connectivity index (χ0n) is 16.4. The van der Waals surface area contributed by atoms with E-state index < -0.39 is 5.92 Å². The van der Waals surface area contributed by atoms with E-state index in [-0.39, 0.29) is 11.2 Å². The number of nitrogens with one attached hydrogen (secondary N) is 1. The van der Waals surface area contributed by atoms with Crippen molar-refractivity contribution in [3.63, 3.8) is 0 Å². The van der Waals surface area contributed by atoms with Crippen LogP contribution in [0.15, 0.2) is 57.3 Å². The molecule has 29 heavy (non-hydrogen) atoms. The van der Waals surface area contributed by atoms with Gasteiger partial charge in [0.1, 0.15) is 11.5 Å². The number of benzene rings is 1. The fraction of sp³-hybridized carbons (Fsp3) is 0.304. The molecule has 1 N–H and O–H groups in total. The highest BCUT2D eigenvalue weighted by Crippen LogP contribution is 2.47. The maximum Gasteiger partial charge on any atom is 0.162 e. The number of hydrogen-bond donors (Lipinski definition) is 1. The van der Waals surface area contributed by atoms with Crippen LogP contribution >= 0.6 is 23.2 Å². The SMILES string of the molecule is CC1=C(C#N)C(c2ccc(-c3ccc(Cl)cc3Cl)o2)C2=C(CC(C)(C)CC2=O)N1. The molecule has 0 amide bonds. The van der Waals surface area contributed by atoms with E-state index in [9.17, 15) is 10.1 Å². The van der Waals surface area contributed by atoms with Crippen LogP contribution < -0.4 is 5.32 Å². The Morgan fingerprint density at radius 1 is 1.21 bits per heavy atom. The number of carbonyl (C=O) groups excluding carboxylic acids is 1. The van der Waals surface area contributed by atoms with Gasteiger partial charge in [-0.15, -0.1) is 0 Å². The third-order valence-electron chi connectivity index (χ3n) is 5.47. The molecule has 0 bridgehead atoms. The molecule has 1 aromatic carbocycles. The van der Waals surface area contributed by atoms with Gasteiger partial charge in [-0.05, 0) is 49.1 Å². The van der Waals surface area contributed by atoms with Crippen molar-refractivity contribution in [3.8, 4) is 17.4 Å². The predicted octanol–water partition coefficient (Wildman–Crippen LogP) is 6.38. The lowest BCUT2D eigenvalue weighted by Gasteiger charge is -2.38. The Bertz CT molecular complexity index is 1130. The normalized spacial score (nSPS) is 21.0. The maximum atomic E-state index is 13.1. The fourth-order valence-electron chi connectivity index (χ4n) is 4.21. The Morgan fingerprint density at radius 2 is 1.97 bits per heavy atom. The van der Waals surface area contributed by atoms with Crippen LogP contribution in [0.3, 0.4) is 0 Å². The Balaban J connectivity index is 1.83. The second-order valence-electron chi connectivity index (χ2n) is 8.37. The van der Waals surface area contributed by atoms with E-state index >= 15 is 0 Å². The zero-order valence-corrected chi connectivity index (χ0v) is 17.9. The number of hydrogen-bond acceptors (Lipinski definition) is 4. The van der Waals surface area contributed by atoms with Crippen LogP contribution in [0.1, 0.15) is 45.3 Å². The summed E-state index contributed by atoms with van der Waals surface area (Å²) in [5, 5.41) is 14.1. The fourth-order valence-corrected chi connectivity index (χ4v) is 4.71. The van der Waals surface area contributed by atoms with Gasteiger partial charge in [0.25, 0.3) is 0 Å². The summed E-state index contributed by atoms with van der Waals surface area (Å²) in [5.41, 5.74) is 3.36. The van der Waals surface area contributed by atoms with Gasteiger partial charge >= 0.3 is 0 Å². The Morgan fingerprint density at radius 3 is 2.66 bits per heavy atom. The molecule has 1 unspecified atom stereocenters. The zero-order chi connectivity index (χ0) is 20.9. The van der Waals surface area contributed by atoms with Gasteiger partial charge in [0.2, 0.25) is 0 Å². The van der Waals surface area contributed by atoms with E-state index in [0.717, 1.165) is 17.8 Å². The number of nitriles is 1. The summed E-state index contributed by atoms with van der Waals surface area (Å²) in [6, 6.07) is 11.1. The van der Waals surface area contributed by atoms with E-state index in [1.54, 1.807) is 18.2 Å². The van der Waals surface area contributed by atoms with Crippen LogP contribution in [0, 0.1) is 16.7 Å². The quantitative estimate of drug-likeness (QED) is 0.604. The van der Waals surface area contributed by atoms with Crippen LogP contribution in [0.5, 0.6) is 0 Å². The third-order valence-corrected chi connectivity index (χ3v) is 6.02. The second kappa shape index (κ2) is 7.09. The Kier molecular flexibility index (Phi) is 4.85. The summed E-state index contributed by atoms with van der Waals surface area (Å²) >= 11 is 12.3. The van der Waals surface area contributed by atoms with Gasteiger partial charge in [0.05, 0.1) is 22.6 Å². The Hall–Kier alpha value is -2.48. The highest BCUT2D eigenvalue weighted by atomic mass is 35.5. The van der Waals surface area contributed by atoms with E-state index in [0.29, 0.717) is 44.7 Å². The van der Waals surface area contributed by atoms with Crippen molar-refractivity contribution in [2.75, 3.05) is 0 Å². The van der Waals surface area contributed by atoms with Crippen molar-refractivity contribution in [2.45, 2.75) is 39.5 Å². The van der Waals surface area contributed by atoms with Crippen molar-refractivity contribution < 1.29 is 9.21 Å². The van der Waals surface area contributed by atoms with Crippen molar-refractivity contribution in [2.24, 2.45) is 5.41 Å². The molecular weight excluding hydrogens is 407 g/mol. The molecule has 2 aromatic rings. The lowest BCUT2D eigenvalue weighted by atomic mass is 9.70. The monoisotopic (exact) mass is 426 g/mol. The molecule has 1 aromatic heterocycles. The average Bonchev–Trinajstić information content (AvgIpc) is 3.08. The molecule has 0 radical (unpaired) electrons. The predicted molar refractivity (Wildman–Crippen MR) is 113 cm³/mol. The minimum atomic E-state index is -0.514. The Labute approximate surface area is 179 Å². The largest absolute Gasteiger partial charge is 0.460 e. The van der Waals surface area contributed by atoms with Crippen LogP contribution in [-0.4, -0.2) is 5.78 Å². The van der Waals surface area contributed by atoms with E-state index in [1.165, 1.54) is 0 Å². The summed E-state index contributed by atoms with van der Waals surface area (Å²) in [4.78, 5) is 13.1. The summed E-state index contributed by atoms with van der Waals surface area (Å²) in [7, 11) is 0. The van der Waals surface area contributed by atoms with Gasteiger partial charge < -0.3 is 9.73 Å². The van der Waals surface area contributed by atoms with Gasteiger partial charge in [0.15, 0.2) is 5.78 Å². The van der Waals surface area contributed by atoms with Crippen molar-refractivity contribution >= 4 is 29.0 Å². The summed E-state index contributed by atoms with van der Waals surface area (Å²) < 4.78 is 6.13. The number of furan rings is 1. The molecular formula is C23H20Cl2N2O2. The molecule has 1 aliphatic carbocycles. The van der Waals surface area contributed by atoms with Crippen molar-refractivity contribution in [1.82, 2.24) is 5.32 Å². The molecule has 0 saturated heterocycles. The number of dihydropyridines is 1. The maximum absolute atomic E-state index is 13.1. The molecule has 2 aliphatic rings. The number of allylic oxidation sites excluding steroid dienone is 4. The molecule has 4 rings (SSSR count). The van der Waals surface area contributed by atoms with Gasteiger partial charge in [-0.2, -0.15) is 5.26 Å². The molecule has 6 heteroatoms. The van der Waals surface area contributed by atoms with Gasteiger partial charge in [-0.3, -0.25) is 4.79 Å². The van der Waals surface area contributed by atoms with E-state index in [1.807, 2.05) is 19.1 Å². The highest BCUT2D eigenvalue weighted by Gasteiger charge is 2.42. The minimum Gasteiger partial charge on any atom is -0.460 e. The second-order valence-corrected chi connectivity index (χ2v) is 9.21. The van der Waals surface area contributed by atoms with Crippen LogP contribution in [0.2, 0.25) is 10.0 Å². The van der Waals surface area contributed by atoms with Gasteiger partial charge in [-0.25, -0.2) is 0 Å². The minimum absolute atomic E-state index is 0.0523. The number of halogens is 2. The summed E-state index contributed by atoms with van der Waals surface area (Å²) in [6.07, 6.45) is 1.19. The molecule has 2 heterocycles. The molecule has 0 spiro atoms. The molecule has 0 saturated carbocycles. The van der Waals surface area contributed by atoms with Crippen LogP contribution in [-0.2, 0) is 4.79 Å². The average molecular weight is 427 g/mol. The van der Waals surface area contributed by atoms with Gasteiger partial charge in [-0.1, -0.05) is 37.0 Å². The lowest BCUT2D eigenvalue weighted by molar-refractivity contribution is -0.118. The summed E-state index contributed by atoms with van der Waals surface area (Å²) in [5.74, 6) is 0.668. The first-order chi connectivity index (χ1) is 13.7. The van der Waals surface area contributed by atoms with Crippen molar-refractivity contribution in [1.29, 1.82) is 5.26 Å². The molecule has 1 aliphatic heterocycles. The highest BCUT2D eigenvalue weighted by molar-refractivity contribution is 6.36. The number of Topliss-reactive ketones (excluding diaryl/α,β-unsaturated/α-hetero) is 1. The lowest BCUT2D eigenvalue weighted by Crippen LogP contribution is -2.36. The third kappa shape index (κ3) is 3.50. The number of carbonyl (C=O) groups is 1. The summed E-state index contributed by atoms with van der Waals surface area (Å²) in [6.45, 7) is 6.02. The standard InChI is InChI=1S/C23H20Cl2N2O2/c1-12-15(11-26)21(22-17(27-12)9-23(2,3)10-18(22)28)20-7-6-19(29-20)14-5-4-13(24)8-16(14)25/h4-8,21,27H,9-10H2,1-3H3.